The number of hydrogen-bond acceptors (Lipinski definition) is 4. The number of rotatable bonds is 5. The number of nitrogens with one attached hydrogen (secondary N) is 1. The van der Waals surface area contributed by atoms with Gasteiger partial charge in [0.1, 0.15) is 0 Å². The summed E-state index contributed by atoms with van der Waals surface area (Å²) in [5.41, 5.74) is 2.65. The number of hydrogen-bond donors (Lipinski definition) is 1. The predicted octanol–water partition coefficient (Wildman–Crippen LogP) is 4.39. The zero-order valence-electron chi connectivity index (χ0n) is 14.8. The van der Waals surface area contributed by atoms with Crippen molar-refractivity contribution in [3.05, 3.63) is 82.0 Å². The molecule has 0 aliphatic rings. The molecule has 0 saturated heterocycles. The summed E-state index contributed by atoms with van der Waals surface area (Å²) >= 11 is 12.0. The summed E-state index contributed by atoms with van der Waals surface area (Å²) in [5, 5.41) is 3.67. The van der Waals surface area contributed by atoms with Gasteiger partial charge in [-0.2, -0.15) is 0 Å². The van der Waals surface area contributed by atoms with Crippen LogP contribution in [0, 0.1) is 0 Å². The second-order valence-electron chi connectivity index (χ2n) is 6.15. The van der Waals surface area contributed by atoms with Crippen LogP contribution in [-0.2, 0) is 16.4 Å². The van der Waals surface area contributed by atoms with Gasteiger partial charge in [0.2, 0.25) is 0 Å². The van der Waals surface area contributed by atoms with Gasteiger partial charge >= 0.3 is 0 Å². The summed E-state index contributed by atoms with van der Waals surface area (Å²) in [5.74, 6) is -0.307. The molecule has 3 rings (SSSR count). The van der Waals surface area contributed by atoms with Crippen LogP contribution in [0.1, 0.15) is 15.9 Å². The van der Waals surface area contributed by atoms with Gasteiger partial charge in [0.05, 0.1) is 16.2 Å². The average Bonchev–Trinajstić information content (AvgIpc) is 2.67. The number of pyridine rings is 1. The molecule has 0 unspecified atom stereocenters. The lowest BCUT2D eigenvalue weighted by Crippen LogP contribution is -2.23. The van der Waals surface area contributed by atoms with Crippen LogP contribution in [-0.4, -0.2) is 25.6 Å². The smallest absolute Gasteiger partial charge is 0.253 e. The van der Waals surface area contributed by atoms with Crippen molar-refractivity contribution in [2.45, 2.75) is 11.4 Å². The lowest BCUT2D eigenvalue weighted by Gasteiger charge is -2.09. The van der Waals surface area contributed by atoms with E-state index in [-0.39, 0.29) is 22.4 Å². The highest BCUT2D eigenvalue weighted by atomic mass is 35.5. The van der Waals surface area contributed by atoms with E-state index in [2.05, 4.69) is 10.3 Å². The van der Waals surface area contributed by atoms with E-state index in [9.17, 15) is 13.2 Å². The molecule has 1 heterocycles. The zero-order chi connectivity index (χ0) is 20.3. The van der Waals surface area contributed by atoms with Crippen molar-refractivity contribution in [1.82, 2.24) is 10.3 Å². The molecule has 8 heteroatoms. The van der Waals surface area contributed by atoms with Crippen LogP contribution < -0.4 is 5.32 Å². The normalized spacial score (nSPS) is 11.2. The Bertz CT molecular complexity index is 1110. The molecule has 1 aromatic heterocycles. The van der Waals surface area contributed by atoms with E-state index in [0.29, 0.717) is 16.1 Å². The van der Waals surface area contributed by atoms with Crippen molar-refractivity contribution in [2.75, 3.05) is 6.26 Å². The highest BCUT2D eigenvalue weighted by Crippen LogP contribution is 2.22. The van der Waals surface area contributed by atoms with Crippen LogP contribution in [0.4, 0.5) is 0 Å². The average molecular weight is 435 g/mol. The van der Waals surface area contributed by atoms with E-state index in [0.717, 1.165) is 17.5 Å². The van der Waals surface area contributed by atoms with E-state index in [1.165, 1.54) is 18.3 Å². The molecule has 0 radical (unpaired) electrons. The Morgan fingerprint density at radius 3 is 2.32 bits per heavy atom. The maximum Gasteiger partial charge on any atom is 0.253 e. The van der Waals surface area contributed by atoms with Crippen molar-refractivity contribution in [3.63, 3.8) is 0 Å². The minimum absolute atomic E-state index is 0.134. The fourth-order valence-corrected chi connectivity index (χ4v) is 3.58. The van der Waals surface area contributed by atoms with Gasteiger partial charge < -0.3 is 5.32 Å². The quantitative estimate of drug-likeness (QED) is 0.645. The summed E-state index contributed by atoms with van der Waals surface area (Å²) in [7, 11) is -3.33. The number of carbonyl (C=O) groups excluding carboxylic acids is 1. The van der Waals surface area contributed by atoms with Gasteiger partial charge in [-0.3, -0.25) is 9.78 Å². The Labute approximate surface area is 173 Å². The Hall–Kier alpha value is -2.41. The molecule has 0 aliphatic heterocycles. The Morgan fingerprint density at radius 2 is 1.75 bits per heavy atom. The molecule has 144 valence electrons. The van der Waals surface area contributed by atoms with Gasteiger partial charge in [0.25, 0.3) is 5.91 Å². The number of nitrogens with zero attached hydrogens (tertiary/aromatic N) is 1. The lowest BCUT2D eigenvalue weighted by molar-refractivity contribution is 0.0950. The molecular weight excluding hydrogens is 419 g/mol. The minimum Gasteiger partial charge on any atom is -0.348 e. The summed E-state index contributed by atoms with van der Waals surface area (Å²) in [6.07, 6.45) is 2.61. The highest BCUT2D eigenvalue weighted by molar-refractivity contribution is 7.90. The van der Waals surface area contributed by atoms with Crippen LogP contribution in [0.25, 0.3) is 11.3 Å². The van der Waals surface area contributed by atoms with Gasteiger partial charge in [-0.25, -0.2) is 8.42 Å². The monoisotopic (exact) mass is 434 g/mol. The fraction of sp³-hybridized carbons (Fsp3) is 0.100. The minimum atomic E-state index is -3.33. The van der Waals surface area contributed by atoms with Crippen molar-refractivity contribution >= 4 is 38.9 Å². The first-order valence-electron chi connectivity index (χ1n) is 8.23. The SMILES string of the molecule is CS(=O)(=O)c1ccc(CNC(=O)c2ccc(-c3ccc(Cl)cc3)nc2)c(Cl)c1. The predicted molar refractivity (Wildman–Crippen MR) is 110 cm³/mol. The first-order valence-corrected chi connectivity index (χ1v) is 10.9. The van der Waals surface area contributed by atoms with E-state index < -0.39 is 9.84 Å². The third-order valence-corrected chi connectivity index (χ3v) is 5.77. The first-order chi connectivity index (χ1) is 13.2. The molecule has 1 amide bonds. The molecule has 2 aromatic carbocycles. The highest BCUT2D eigenvalue weighted by Gasteiger charge is 2.12. The van der Waals surface area contributed by atoms with Gasteiger partial charge in [-0.1, -0.05) is 41.4 Å². The lowest BCUT2D eigenvalue weighted by atomic mass is 10.1. The molecule has 0 fully saturated rings. The number of aromatic nitrogens is 1. The van der Waals surface area contributed by atoms with Crippen LogP contribution in [0.5, 0.6) is 0 Å². The number of sulfone groups is 1. The van der Waals surface area contributed by atoms with Crippen LogP contribution in [0.2, 0.25) is 10.0 Å². The second-order valence-corrected chi connectivity index (χ2v) is 9.01. The molecule has 0 bridgehead atoms. The van der Waals surface area contributed by atoms with Gasteiger partial charge in [0, 0.05) is 34.6 Å². The maximum absolute atomic E-state index is 12.3. The number of benzene rings is 2. The van der Waals surface area contributed by atoms with Gasteiger partial charge in [-0.15, -0.1) is 0 Å². The molecule has 0 spiro atoms. The third-order valence-electron chi connectivity index (χ3n) is 4.06. The first kappa shape index (κ1) is 20.3. The molecular formula is C20H16Cl2N2O3S. The van der Waals surface area contributed by atoms with Crippen molar-refractivity contribution in [1.29, 1.82) is 0 Å². The van der Waals surface area contributed by atoms with Crippen molar-refractivity contribution in [2.24, 2.45) is 0 Å². The fourth-order valence-electron chi connectivity index (χ4n) is 2.50. The Kier molecular flexibility index (Phi) is 6.03. The molecule has 0 aliphatic carbocycles. The van der Waals surface area contributed by atoms with E-state index >= 15 is 0 Å². The van der Waals surface area contributed by atoms with E-state index in [1.54, 1.807) is 30.3 Å². The Morgan fingerprint density at radius 1 is 1.04 bits per heavy atom. The summed E-state index contributed by atoms with van der Waals surface area (Å²) in [6.45, 7) is 0.167. The topological polar surface area (TPSA) is 76.1 Å². The molecule has 3 aromatic rings. The third kappa shape index (κ3) is 4.90. The van der Waals surface area contributed by atoms with Gasteiger partial charge in [-0.05, 0) is 42.0 Å². The maximum atomic E-state index is 12.3. The second kappa shape index (κ2) is 8.31. The number of carbonyl (C=O) groups is 1. The number of halogens is 2. The zero-order valence-corrected chi connectivity index (χ0v) is 17.1. The Balaban J connectivity index is 1.67. The van der Waals surface area contributed by atoms with Crippen LogP contribution in [0.3, 0.4) is 0 Å². The summed E-state index contributed by atoms with van der Waals surface area (Å²) in [4.78, 5) is 16.8. The number of amides is 1. The van der Waals surface area contributed by atoms with Gasteiger partial charge in [0.15, 0.2) is 9.84 Å². The molecule has 28 heavy (non-hydrogen) atoms. The van der Waals surface area contributed by atoms with Crippen LogP contribution in [0.15, 0.2) is 65.7 Å². The van der Waals surface area contributed by atoms with E-state index in [1.807, 2.05) is 12.1 Å². The molecule has 0 saturated carbocycles. The van der Waals surface area contributed by atoms with Crippen molar-refractivity contribution < 1.29 is 13.2 Å². The van der Waals surface area contributed by atoms with Crippen LogP contribution >= 0.6 is 23.2 Å². The molecule has 1 N–H and O–H groups in total. The van der Waals surface area contributed by atoms with Crippen molar-refractivity contribution in [3.8, 4) is 11.3 Å². The molecule has 0 atom stereocenters. The van der Waals surface area contributed by atoms with E-state index in [4.69, 9.17) is 23.2 Å². The molecule has 5 nitrogen and oxygen atoms in total. The summed E-state index contributed by atoms with van der Waals surface area (Å²) in [6, 6.07) is 15.1. The largest absolute Gasteiger partial charge is 0.348 e. The summed E-state index contributed by atoms with van der Waals surface area (Å²) < 4.78 is 23.1. The standard InChI is InChI=1S/C20H16Cl2N2O3S/c1-28(26,27)17-8-4-14(18(22)10-17)11-24-20(25)15-5-9-19(23-12-15)13-2-6-16(21)7-3-13/h2-10,12H,11H2,1H3,(H,24,25).